The van der Waals surface area contributed by atoms with Crippen molar-refractivity contribution in [3.05, 3.63) is 12.7 Å². The molecule has 5 nitrogen and oxygen atoms in total. The first-order valence-electron chi connectivity index (χ1n) is 3.72. The quantitative estimate of drug-likeness (QED) is 0.394. The van der Waals surface area contributed by atoms with Crippen LogP contribution >= 0.6 is 7.60 Å². The average Bonchev–Trinajstić information content (AvgIpc) is 2.02. The molecule has 1 unspecified atom stereocenters. The van der Waals surface area contributed by atoms with Crippen LogP contribution in [-0.4, -0.2) is 28.0 Å². The van der Waals surface area contributed by atoms with E-state index < -0.39 is 19.2 Å². The topological polar surface area (TPSA) is 83.8 Å². The highest BCUT2D eigenvalue weighted by Crippen LogP contribution is 2.42. The van der Waals surface area contributed by atoms with Gasteiger partial charge in [0.1, 0.15) is 0 Å². The van der Waals surface area contributed by atoms with Crippen molar-refractivity contribution in [1.82, 2.24) is 0 Å². The van der Waals surface area contributed by atoms with Crippen molar-refractivity contribution in [3.63, 3.8) is 0 Å². The van der Waals surface area contributed by atoms with E-state index in [1.807, 2.05) is 0 Å². The molecule has 0 bridgehead atoms. The summed E-state index contributed by atoms with van der Waals surface area (Å²) in [5, 5.41) is 0. The predicted molar refractivity (Wildman–Crippen MR) is 47.3 cm³/mol. The van der Waals surface area contributed by atoms with Gasteiger partial charge in [0.05, 0.1) is 12.3 Å². The molecule has 0 aliphatic carbocycles. The number of hydrogen-bond acceptors (Lipinski definition) is 3. The van der Waals surface area contributed by atoms with Gasteiger partial charge in [-0.05, 0) is 6.42 Å². The lowest BCUT2D eigenvalue weighted by Crippen LogP contribution is -2.10. The Kier molecular flexibility index (Phi) is 4.91. The number of esters is 1. The SMILES string of the molecule is C=CC(=O)OCCC(C)P(=O)(O)O. The Bertz CT molecular complexity index is 231. The molecular weight excluding hydrogens is 195 g/mol. The second kappa shape index (κ2) is 5.17. The summed E-state index contributed by atoms with van der Waals surface area (Å²) < 4.78 is 15.2. The van der Waals surface area contributed by atoms with Gasteiger partial charge in [0.25, 0.3) is 0 Å². The summed E-state index contributed by atoms with van der Waals surface area (Å²) in [5.74, 6) is -0.585. The van der Waals surface area contributed by atoms with Crippen LogP contribution in [0.2, 0.25) is 0 Å². The van der Waals surface area contributed by atoms with E-state index >= 15 is 0 Å². The van der Waals surface area contributed by atoms with Gasteiger partial charge in [0.15, 0.2) is 0 Å². The zero-order valence-corrected chi connectivity index (χ0v) is 8.24. The number of carbonyl (C=O) groups excluding carboxylic acids is 1. The van der Waals surface area contributed by atoms with Gasteiger partial charge in [-0.3, -0.25) is 4.57 Å². The minimum absolute atomic E-state index is 0.00285. The molecule has 0 amide bonds. The fraction of sp³-hybridized carbons (Fsp3) is 0.571. The lowest BCUT2D eigenvalue weighted by Gasteiger charge is -2.12. The summed E-state index contributed by atoms with van der Waals surface area (Å²) in [6.07, 6.45) is 1.14. The van der Waals surface area contributed by atoms with Crippen LogP contribution in [0.5, 0.6) is 0 Å². The van der Waals surface area contributed by atoms with E-state index in [0.717, 1.165) is 6.08 Å². The van der Waals surface area contributed by atoms with E-state index in [4.69, 9.17) is 9.79 Å². The van der Waals surface area contributed by atoms with Gasteiger partial charge in [-0.1, -0.05) is 13.5 Å². The zero-order valence-electron chi connectivity index (χ0n) is 7.34. The smallest absolute Gasteiger partial charge is 0.330 e. The second-order valence-electron chi connectivity index (χ2n) is 2.60. The summed E-state index contributed by atoms with van der Waals surface area (Å²) in [7, 11) is -4.04. The zero-order chi connectivity index (χ0) is 10.5. The highest BCUT2D eigenvalue weighted by molar-refractivity contribution is 7.52. The molecule has 0 aromatic heterocycles. The average molecular weight is 208 g/mol. The van der Waals surface area contributed by atoms with Crippen LogP contribution in [0.15, 0.2) is 12.7 Å². The van der Waals surface area contributed by atoms with E-state index in [1.165, 1.54) is 6.92 Å². The van der Waals surface area contributed by atoms with Crippen molar-refractivity contribution in [2.45, 2.75) is 19.0 Å². The van der Waals surface area contributed by atoms with Gasteiger partial charge < -0.3 is 14.5 Å². The Morgan fingerprint density at radius 2 is 2.23 bits per heavy atom. The van der Waals surface area contributed by atoms with Crippen LogP contribution in [0.1, 0.15) is 13.3 Å². The molecule has 0 heterocycles. The minimum Gasteiger partial charge on any atom is -0.463 e. The summed E-state index contributed by atoms with van der Waals surface area (Å²) in [5.41, 5.74) is -0.787. The van der Waals surface area contributed by atoms with Crippen molar-refractivity contribution in [2.24, 2.45) is 0 Å². The van der Waals surface area contributed by atoms with Gasteiger partial charge in [-0.15, -0.1) is 0 Å². The Labute approximate surface area is 76.6 Å². The molecule has 1 atom stereocenters. The second-order valence-corrected chi connectivity index (χ2v) is 4.66. The molecule has 6 heteroatoms. The third-order valence-electron chi connectivity index (χ3n) is 1.52. The number of ether oxygens (including phenoxy) is 1. The molecular formula is C7H13O5P. The Morgan fingerprint density at radius 1 is 1.69 bits per heavy atom. The largest absolute Gasteiger partial charge is 0.463 e. The molecule has 0 fully saturated rings. The van der Waals surface area contributed by atoms with Gasteiger partial charge in [0, 0.05) is 6.08 Å². The summed E-state index contributed by atoms with van der Waals surface area (Å²) in [6, 6.07) is 0. The lowest BCUT2D eigenvalue weighted by atomic mass is 10.3. The van der Waals surface area contributed by atoms with Gasteiger partial charge in [-0.2, -0.15) is 0 Å². The summed E-state index contributed by atoms with van der Waals surface area (Å²) >= 11 is 0. The number of carbonyl (C=O) groups is 1. The minimum atomic E-state index is -4.04. The predicted octanol–water partition coefficient (Wildman–Crippen LogP) is 0.672. The third kappa shape index (κ3) is 5.58. The lowest BCUT2D eigenvalue weighted by molar-refractivity contribution is -0.137. The molecule has 0 aromatic rings. The first-order valence-corrected chi connectivity index (χ1v) is 5.40. The third-order valence-corrected chi connectivity index (χ3v) is 2.93. The summed E-state index contributed by atoms with van der Waals surface area (Å²) in [6.45, 7) is 4.58. The molecule has 0 spiro atoms. The van der Waals surface area contributed by atoms with Crippen LogP contribution in [-0.2, 0) is 14.1 Å². The molecule has 0 aliphatic rings. The molecule has 0 rings (SSSR count). The van der Waals surface area contributed by atoms with Crippen molar-refractivity contribution in [3.8, 4) is 0 Å². The van der Waals surface area contributed by atoms with Crippen molar-refractivity contribution < 1.29 is 23.9 Å². The van der Waals surface area contributed by atoms with Crippen molar-refractivity contribution >= 4 is 13.6 Å². The van der Waals surface area contributed by atoms with E-state index in [9.17, 15) is 9.36 Å². The number of rotatable bonds is 5. The van der Waals surface area contributed by atoms with Gasteiger partial charge in [-0.25, -0.2) is 4.79 Å². The first-order chi connectivity index (χ1) is 5.88. The maximum Gasteiger partial charge on any atom is 0.330 e. The Hall–Kier alpha value is -0.640. The van der Waals surface area contributed by atoms with Crippen molar-refractivity contribution in [1.29, 1.82) is 0 Å². The van der Waals surface area contributed by atoms with Crippen LogP contribution in [0, 0.1) is 0 Å². The highest BCUT2D eigenvalue weighted by Gasteiger charge is 2.23. The van der Waals surface area contributed by atoms with Crippen molar-refractivity contribution in [2.75, 3.05) is 6.61 Å². The van der Waals surface area contributed by atoms with Gasteiger partial charge in [0.2, 0.25) is 0 Å². The van der Waals surface area contributed by atoms with Crippen LogP contribution < -0.4 is 0 Å². The molecule has 0 aromatic carbocycles. The van der Waals surface area contributed by atoms with Crippen LogP contribution in [0.3, 0.4) is 0 Å². The van der Waals surface area contributed by atoms with E-state index in [0.29, 0.717) is 0 Å². The van der Waals surface area contributed by atoms with Gasteiger partial charge >= 0.3 is 13.6 Å². The normalized spacial score (nSPS) is 13.5. The molecule has 0 saturated heterocycles. The number of hydrogen-bond donors (Lipinski definition) is 2. The first kappa shape index (κ1) is 12.4. The molecule has 0 radical (unpaired) electrons. The summed E-state index contributed by atoms with van der Waals surface area (Å²) in [4.78, 5) is 27.8. The molecule has 13 heavy (non-hydrogen) atoms. The Morgan fingerprint density at radius 3 is 2.62 bits per heavy atom. The molecule has 2 N–H and O–H groups in total. The van der Waals surface area contributed by atoms with Crippen LogP contribution in [0.4, 0.5) is 0 Å². The molecule has 0 aliphatic heterocycles. The standard InChI is InChI=1S/C7H13O5P/c1-3-7(8)12-5-4-6(2)13(9,10)11/h3,6H,1,4-5H2,2H3,(H2,9,10,11). The monoisotopic (exact) mass is 208 g/mol. The van der Waals surface area contributed by atoms with Crippen LogP contribution in [0.25, 0.3) is 0 Å². The van der Waals surface area contributed by atoms with E-state index in [2.05, 4.69) is 11.3 Å². The van der Waals surface area contributed by atoms with E-state index in [-0.39, 0.29) is 13.0 Å². The fourth-order valence-electron chi connectivity index (χ4n) is 0.557. The fourth-order valence-corrected chi connectivity index (χ4v) is 0.999. The highest BCUT2D eigenvalue weighted by atomic mass is 31.2. The Balaban J connectivity index is 3.72. The maximum absolute atomic E-state index is 10.6. The molecule has 76 valence electrons. The maximum atomic E-state index is 10.6. The van der Waals surface area contributed by atoms with E-state index in [1.54, 1.807) is 0 Å². The molecule has 0 saturated carbocycles.